The first kappa shape index (κ1) is 21.4. The smallest absolute Gasteiger partial charge is 0.340 e. The van der Waals surface area contributed by atoms with Crippen LogP contribution < -0.4 is 10.5 Å². The van der Waals surface area contributed by atoms with Crippen LogP contribution in [0.2, 0.25) is 15.1 Å². The minimum absolute atomic E-state index is 0.0499. The zero-order valence-corrected chi connectivity index (χ0v) is 16.7. The number of nitrogens with two attached hydrogens (primary N) is 1. The maximum atomic E-state index is 12.1. The van der Waals surface area contributed by atoms with Crippen LogP contribution in [0, 0.1) is 6.92 Å². The molecule has 0 radical (unpaired) electrons. The number of hydrogen-bond donors (Lipinski definition) is 2. The van der Waals surface area contributed by atoms with Crippen molar-refractivity contribution in [2.45, 2.75) is 11.8 Å². The summed E-state index contributed by atoms with van der Waals surface area (Å²) in [5.41, 5.74) is 0.265. The van der Waals surface area contributed by atoms with Gasteiger partial charge in [-0.15, -0.1) is 0 Å². The Kier molecular flexibility index (Phi) is 6.66. The third-order valence-electron chi connectivity index (χ3n) is 3.28. The monoisotopic (exact) mass is 451 g/mol. The van der Waals surface area contributed by atoms with Gasteiger partial charge in [0, 0.05) is 6.20 Å². The third kappa shape index (κ3) is 5.30. The highest BCUT2D eigenvalue weighted by atomic mass is 35.5. The van der Waals surface area contributed by atoms with Crippen molar-refractivity contribution in [3.8, 4) is 0 Å². The molecule has 0 saturated carbocycles. The molecule has 0 bridgehead atoms. The molecule has 0 aliphatic carbocycles. The topological polar surface area (TPSA) is 128 Å². The van der Waals surface area contributed by atoms with Gasteiger partial charge in [0.15, 0.2) is 12.4 Å². The first-order chi connectivity index (χ1) is 12.5. The molecule has 0 saturated heterocycles. The molecule has 0 unspecified atom stereocenters. The fourth-order valence-electron chi connectivity index (χ4n) is 1.86. The van der Waals surface area contributed by atoms with Gasteiger partial charge in [0.05, 0.1) is 25.5 Å². The molecule has 1 amide bonds. The Hall–Kier alpha value is -1.91. The number of benzene rings is 1. The molecule has 27 heavy (non-hydrogen) atoms. The molecule has 1 aromatic carbocycles. The van der Waals surface area contributed by atoms with Gasteiger partial charge in [0.2, 0.25) is 10.0 Å². The zero-order chi connectivity index (χ0) is 20.4. The number of amides is 1. The molecule has 1 aromatic heterocycles. The highest BCUT2D eigenvalue weighted by Crippen LogP contribution is 2.28. The Morgan fingerprint density at radius 3 is 2.52 bits per heavy atom. The second-order valence-corrected chi connectivity index (χ2v) is 7.96. The number of sulfonamides is 1. The van der Waals surface area contributed by atoms with Crippen molar-refractivity contribution in [1.82, 2.24) is 4.98 Å². The summed E-state index contributed by atoms with van der Waals surface area (Å²) in [5.74, 6) is -1.68. The number of rotatable bonds is 5. The van der Waals surface area contributed by atoms with Crippen molar-refractivity contribution in [3.05, 3.63) is 50.6 Å². The van der Waals surface area contributed by atoms with Crippen LogP contribution in [0.15, 0.2) is 29.3 Å². The average Bonchev–Trinajstić information content (AvgIpc) is 2.59. The van der Waals surface area contributed by atoms with Crippen molar-refractivity contribution >= 4 is 62.5 Å². The number of carbonyl (C=O) groups is 2. The molecule has 1 heterocycles. The summed E-state index contributed by atoms with van der Waals surface area (Å²) < 4.78 is 27.6. The van der Waals surface area contributed by atoms with Crippen molar-refractivity contribution in [3.63, 3.8) is 0 Å². The first-order valence-corrected chi connectivity index (χ1v) is 9.78. The van der Waals surface area contributed by atoms with Gasteiger partial charge in [-0.25, -0.2) is 23.3 Å². The summed E-state index contributed by atoms with van der Waals surface area (Å²) in [6.07, 6.45) is 1.31. The lowest BCUT2D eigenvalue weighted by atomic mass is 10.2. The standard InChI is InChI=1S/C15H12Cl3N3O5S/c1-7-11(17)5-20-14(13(7)18)21-12(22)6-26-15(23)9-4-8(27(19,24)25)2-3-10(9)16/h2-5H,6H2,1H3,(H2,19,24,25)(H,20,21,22). The van der Waals surface area contributed by atoms with E-state index in [0.717, 1.165) is 12.1 Å². The van der Waals surface area contributed by atoms with E-state index in [4.69, 9.17) is 44.7 Å². The van der Waals surface area contributed by atoms with Gasteiger partial charge >= 0.3 is 5.97 Å². The van der Waals surface area contributed by atoms with Gasteiger partial charge in [0.1, 0.15) is 0 Å². The number of ether oxygens (including phenoxy) is 1. The van der Waals surface area contributed by atoms with E-state index < -0.39 is 28.5 Å². The summed E-state index contributed by atoms with van der Waals surface area (Å²) in [6, 6.07) is 3.27. The Labute approximate surface area is 169 Å². The van der Waals surface area contributed by atoms with E-state index in [0.29, 0.717) is 10.6 Å². The molecule has 3 N–H and O–H groups in total. The van der Waals surface area contributed by atoms with Crippen LogP contribution in [-0.2, 0) is 19.6 Å². The van der Waals surface area contributed by atoms with Gasteiger partial charge < -0.3 is 10.1 Å². The zero-order valence-electron chi connectivity index (χ0n) is 13.6. The van der Waals surface area contributed by atoms with E-state index in [1.807, 2.05) is 0 Å². The number of carbonyl (C=O) groups excluding carboxylic acids is 2. The molecule has 12 heteroatoms. The number of nitrogens with one attached hydrogen (secondary N) is 1. The highest BCUT2D eigenvalue weighted by Gasteiger charge is 2.19. The maximum absolute atomic E-state index is 12.1. The van der Waals surface area contributed by atoms with E-state index in [1.54, 1.807) is 6.92 Å². The van der Waals surface area contributed by atoms with E-state index in [1.165, 1.54) is 12.3 Å². The molecule has 0 fully saturated rings. The molecule has 2 aromatic rings. The van der Waals surface area contributed by atoms with Gasteiger partial charge in [-0.3, -0.25) is 4.79 Å². The lowest BCUT2D eigenvalue weighted by Gasteiger charge is -2.10. The van der Waals surface area contributed by atoms with Crippen LogP contribution in [0.4, 0.5) is 5.82 Å². The molecular formula is C15H12Cl3N3O5S. The van der Waals surface area contributed by atoms with Crippen LogP contribution in [0.5, 0.6) is 0 Å². The number of aromatic nitrogens is 1. The number of anilines is 1. The molecule has 8 nitrogen and oxygen atoms in total. The average molecular weight is 453 g/mol. The predicted octanol–water partition coefficient (Wildman–Crippen LogP) is 2.79. The Morgan fingerprint density at radius 2 is 1.89 bits per heavy atom. The Morgan fingerprint density at radius 1 is 1.22 bits per heavy atom. The lowest BCUT2D eigenvalue weighted by Crippen LogP contribution is -2.22. The molecule has 0 atom stereocenters. The van der Waals surface area contributed by atoms with Gasteiger partial charge in [0.25, 0.3) is 5.91 Å². The van der Waals surface area contributed by atoms with Crippen molar-refractivity contribution in [2.24, 2.45) is 5.14 Å². The number of halogens is 3. The van der Waals surface area contributed by atoms with E-state index >= 15 is 0 Å². The number of nitrogens with zero attached hydrogens (tertiary/aromatic N) is 1. The van der Waals surface area contributed by atoms with Crippen molar-refractivity contribution in [2.75, 3.05) is 11.9 Å². The molecule has 0 aliphatic heterocycles. The number of pyridine rings is 1. The van der Waals surface area contributed by atoms with Crippen molar-refractivity contribution < 1.29 is 22.7 Å². The quantitative estimate of drug-likeness (QED) is 0.671. The third-order valence-corrected chi connectivity index (χ3v) is 5.36. The normalized spacial score (nSPS) is 11.1. The molecule has 0 spiro atoms. The largest absolute Gasteiger partial charge is 0.452 e. The fraction of sp³-hybridized carbons (Fsp3) is 0.133. The van der Waals surface area contributed by atoms with Gasteiger partial charge in [-0.05, 0) is 30.7 Å². The van der Waals surface area contributed by atoms with Crippen molar-refractivity contribution in [1.29, 1.82) is 0 Å². The van der Waals surface area contributed by atoms with E-state index in [2.05, 4.69) is 10.3 Å². The number of hydrogen-bond acceptors (Lipinski definition) is 6. The highest BCUT2D eigenvalue weighted by molar-refractivity contribution is 7.89. The minimum Gasteiger partial charge on any atom is -0.452 e. The SMILES string of the molecule is Cc1c(Cl)cnc(NC(=O)COC(=O)c2cc(S(N)(=O)=O)ccc2Cl)c1Cl. The summed E-state index contributed by atoms with van der Waals surface area (Å²) in [6.45, 7) is 0.955. The van der Waals surface area contributed by atoms with Crippen LogP contribution in [-0.4, -0.2) is 31.9 Å². The van der Waals surface area contributed by atoms with Gasteiger partial charge in [-0.1, -0.05) is 34.8 Å². The molecule has 2 rings (SSSR count). The number of esters is 1. The summed E-state index contributed by atoms with van der Waals surface area (Å²) in [5, 5.41) is 7.78. The van der Waals surface area contributed by atoms with E-state index in [9.17, 15) is 18.0 Å². The lowest BCUT2D eigenvalue weighted by molar-refractivity contribution is -0.119. The van der Waals surface area contributed by atoms with Crippen LogP contribution in [0.3, 0.4) is 0 Å². The van der Waals surface area contributed by atoms with Crippen LogP contribution >= 0.6 is 34.8 Å². The molecular weight excluding hydrogens is 441 g/mol. The van der Waals surface area contributed by atoms with Gasteiger partial charge in [-0.2, -0.15) is 0 Å². The fourth-order valence-corrected chi connectivity index (χ4v) is 2.98. The second kappa shape index (κ2) is 8.41. The predicted molar refractivity (Wildman–Crippen MR) is 101 cm³/mol. The first-order valence-electron chi connectivity index (χ1n) is 7.10. The Balaban J connectivity index is 2.08. The van der Waals surface area contributed by atoms with E-state index in [-0.39, 0.29) is 26.3 Å². The Bertz CT molecular complexity index is 1030. The van der Waals surface area contributed by atoms with Crippen LogP contribution in [0.25, 0.3) is 0 Å². The summed E-state index contributed by atoms with van der Waals surface area (Å²) in [7, 11) is -4.04. The maximum Gasteiger partial charge on any atom is 0.340 e. The molecule has 144 valence electrons. The minimum atomic E-state index is -4.04. The summed E-state index contributed by atoms with van der Waals surface area (Å²) >= 11 is 17.7. The summed E-state index contributed by atoms with van der Waals surface area (Å²) in [4.78, 5) is 27.6. The molecule has 0 aliphatic rings. The van der Waals surface area contributed by atoms with Crippen LogP contribution in [0.1, 0.15) is 15.9 Å². The second-order valence-electron chi connectivity index (χ2n) is 5.20. The number of primary sulfonamides is 1.